The predicted molar refractivity (Wildman–Crippen MR) is 118 cm³/mol. The third-order valence-corrected chi connectivity index (χ3v) is 10.3. The maximum Gasteiger partial charge on any atom is 0.226 e. The molecule has 0 unspecified atom stereocenters. The van der Waals surface area contributed by atoms with Crippen LogP contribution in [0.25, 0.3) is 0 Å². The van der Waals surface area contributed by atoms with Gasteiger partial charge >= 0.3 is 0 Å². The van der Waals surface area contributed by atoms with Crippen LogP contribution in [-0.4, -0.2) is 34.1 Å². The van der Waals surface area contributed by atoms with E-state index in [2.05, 4.69) is 11.1 Å². The minimum absolute atomic E-state index is 0.109. The molecule has 0 saturated heterocycles. The molecule has 0 fully saturated rings. The molecule has 0 bridgehead atoms. The number of hydrogen-bond acceptors (Lipinski definition) is 7. The molecule has 6 nitrogen and oxygen atoms in total. The number of aromatic nitrogens is 1. The Morgan fingerprint density at radius 2 is 1.67 bits per heavy atom. The zero-order valence-electron chi connectivity index (χ0n) is 16.7. The van der Waals surface area contributed by atoms with Gasteiger partial charge < -0.3 is 4.90 Å². The van der Waals surface area contributed by atoms with Crippen LogP contribution in [0.4, 0.5) is 5.00 Å². The summed E-state index contributed by atoms with van der Waals surface area (Å²) in [5, 5.41) is 0.208. The van der Waals surface area contributed by atoms with Crippen molar-refractivity contribution in [2.75, 3.05) is 17.2 Å². The fourth-order valence-corrected chi connectivity index (χ4v) is 7.56. The molecule has 2 heterocycles. The van der Waals surface area contributed by atoms with E-state index >= 15 is 0 Å². The van der Waals surface area contributed by atoms with Crippen molar-refractivity contribution in [3.8, 4) is 0 Å². The summed E-state index contributed by atoms with van der Waals surface area (Å²) < 4.78 is 51.6. The Labute approximate surface area is 181 Å². The summed E-state index contributed by atoms with van der Waals surface area (Å²) in [5.74, 6) is -0.132. The lowest BCUT2D eigenvalue weighted by Crippen LogP contribution is -2.30. The molecule has 0 N–H and O–H groups in total. The van der Waals surface area contributed by atoms with Gasteiger partial charge in [-0.1, -0.05) is 60.2 Å². The van der Waals surface area contributed by atoms with Crippen LogP contribution in [-0.2, 0) is 32.6 Å². The van der Waals surface area contributed by atoms with Crippen LogP contribution >= 0.6 is 11.3 Å². The van der Waals surface area contributed by atoms with E-state index in [1.807, 2.05) is 30.0 Å². The van der Waals surface area contributed by atoms with Crippen molar-refractivity contribution in [1.29, 1.82) is 0 Å². The quantitative estimate of drug-likeness (QED) is 0.576. The predicted octanol–water partition coefficient (Wildman–Crippen LogP) is 3.64. The van der Waals surface area contributed by atoms with Crippen molar-refractivity contribution in [1.82, 2.24) is 4.98 Å². The molecule has 0 spiro atoms. The van der Waals surface area contributed by atoms with Gasteiger partial charge in [0, 0.05) is 13.1 Å². The van der Waals surface area contributed by atoms with Gasteiger partial charge in [0.05, 0.1) is 10.6 Å². The summed E-state index contributed by atoms with van der Waals surface area (Å²) in [4.78, 5) is 6.19. The summed E-state index contributed by atoms with van der Waals surface area (Å²) >= 11 is 0.945. The summed E-state index contributed by atoms with van der Waals surface area (Å²) in [5.41, 5.74) is 3.27. The number of fused-ring (bicyclic) bond motifs is 1. The molecule has 3 aromatic rings. The van der Waals surface area contributed by atoms with Crippen LogP contribution in [0.2, 0.25) is 0 Å². The Kier molecular flexibility index (Phi) is 5.46. The fraction of sp³-hybridized carbons (Fsp3) is 0.286. The molecule has 0 radical (unpaired) electrons. The molecule has 0 saturated carbocycles. The Balaban J connectivity index is 1.85. The van der Waals surface area contributed by atoms with Gasteiger partial charge in [-0.15, -0.1) is 0 Å². The molecule has 1 aliphatic heterocycles. The van der Waals surface area contributed by atoms with E-state index in [0.29, 0.717) is 18.1 Å². The van der Waals surface area contributed by atoms with Crippen LogP contribution in [0.5, 0.6) is 0 Å². The van der Waals surface area contributed by atoms with Crippen molar-refractivity contribution in [2.24, 2.45) is 0 Å². The lowest BCUT2D eigenvalue weighted by atomic mass is 10.0. The number of aryl methyl sites for hydroxylation is 1. The molecular weight excluding hydrogens is 440 g/mol. The second kappa shape index (κ2) is 7.79. The Morgan fingerprint density at radius 1 is 1.00 bits per heavy atom. The first-order valence-corrected chi connectivity index (χ1v) is 13.5. The molecule has 2 aromatic carbocycles. The zero-order valence-corrected chi connectivity index (χ0v) is 19.1. The monoisotopic (exact) mass is 462 g/mol. The molecule has 158 valence electrons. The van der Waals surface area contributed by atoms with Crippen LogP contribution in [0.1, 0.15) is 23.6 Å². The third kappa shape index (κ3) is 3.77. The highest BCUT2D eigenvalue weighted by Crippen LogP contribution is 2.39. The van der Waals surface area contributed by atoms with Crippen molar-refractivity contribution >= 4 is 36.0 Å². The largest absolute Gasteiger partial charge is 0.356 e. The number of nitrogens with zero attached hydrogens (tertiary/aromatic N) is 2. The minimum atomic E-state index is -3.97. The molecule has 9 heteroatoms. The normalized spacial score (nSPS) is 14.5. The van der Waals surface area contributed by atoms with E-state index in [1.54, 1.807) is 12.1 Å². The highest BCUT2D eigenvalue weighted by Gasteiger charge is 2.33. The average Bonchev–Trinajstić information content (AvgIpc) is 3.21. The molecule has 30 heavy (non-hydrogen) atoms. The SMILES string of the molecule is CCS(=O)(=O)c1nc(S(=O)(=O)c2ccc(C)cc2)c(N2CCc3ccccc3C2)s1. The average molecular weight is 463 g/mol. The summed E-state index contributed by atoms with van der Waals surface area (Å²) in [6.07, 6.45) is 0.758. The fourth-order valence-electron chi connectivity index (χ4n) is 3.41. The molecule has 4 rings (SSSR count). The summed E-state index contributed by atoms with van der Waals surface area (Å²) in [7, 11) is -7.60. The number of benzene rings is 2. The first kappa shape index (κ1) is 21.0. The van der Waals surface area contributed by atoms with E-state index in [1.165, 1.54) is 24.6 Å². The van der Waals surface area contributed by atoms with E-state index in [4.69, 9.17) is 0 Å². The number of thiazole rings is 1. The number of hydrogen-bond donors (Lipinski definition) is 0. The smallest absolute Gasteiger partial charge is 0.226 e. The highest BCUT2D eigenvalue weighted by atomic mass is 32.2. The van der Waals surface area contributed by atoms with E-state index in [-0.39, 0.29) is 20.0 Å². The van der Waals surface area contributed by atoms with Crippen molar-refractivity contribution < 1.29 is 16.8 Å². The maximum atomic E-state index is 13.4. The second-order valence-corrected chi connectivity index (χ2v) is 12.5. The van der Waals surface area contributed by atoms with Gasteiger partial charge in [-0.3, -0.25) is 0 Å². The van der Waals surface area contributed by atoms with Gasteiger partial charge in [0.15, 0.2) is 5.03 Å². The first-order chi connectivity index (χ1) is 14.2. The van der Waals surface area contributed by atoms with E-state index < -0.39 is 19.7 Å². The van der Waals surface area contributed by atoms with Gasteiger partial charge in [0.25, 0.3) is 0 Å². The molecular formula is C21H22N2O4S3. The number of rotatable bonds is 5. The number of anilines is 1. The van der Waals surface area contributed by atoms with Crippen LogP contribution in [0, 0.1) is 6.92 Å². The molecule has 0 aliphatic carbocycles. The summed E-state index contributed by atoms with van der Waals surface area (Å²) in [6.45, 7) is 4.52. The molecule has 1 aliphatic rings. The first-order valence-electron chi connectivity index (χ1n) is 9.59. The lowest BCUT2D eigenvalue weighted by Gasteiger charge is -2.29. The standard InChI is InChI=1S/C21H22N2O4S3/c1-3-29(24,25)21-22-19(30(26,27)18-10-8-15(2)9-11-18)20(28-21)23-13-12-16-6-4-5-7-17(16)14-23/h4-11H,3,12-14H2,1-2H3. The number of sulfone groups is 2. The second-order valence-electron chi connectivity index (χ2n) is 7.25. The highest BCUT2D eigenvalue weighted by molar-refractivity contribution is 7.94. The molecule has 0 atom stereocenters. The van der Waals surface area contributed by atoms with Gasteiger partial charge in [-0.05, 0) is 36.6 Å². The molecule has 1 aromatic heterocycles. The Hall–Kier alpha value is -2.23. The van der Waals surface area contributed by atoms with Crippen molar-refractivity contribution in [2.45, 2.75) is 41.1 Å². The Bertz CT molecular complexity index is 1290. The zero-order chi connectivity index (χ0) is 21.5. The minimum Gasteiger partial charge on any atom is -0.356 e. The Morgan fingerprint density at radius 3 is 2.33 bits per heavy atom. The lowest BCUT2D eigenvalue weighted by molar-refractivity contribution is 0.588. The summed E-state index contributed by atoms with van der Waals surface area (Å²) in [6, 6.07) is 14.5. The van der Waals surface area contributed by atoms with Gasteiger partial charge in [0.1, 0.15) is 5.00 Å². The van der Waals surface area contributed by atoms with E-state index in [9.17, 15) is 16.8 Å². The van der Waals surface area contributed by atoms with Gasteiger partial charge in [-0.25, -0.2) is 21.8 Å². The van der Waals surface area contributed by atoms with Crippen LogP contribution < -0.4 is 4.90 Å². The molecule has 0 amide bonds. The van der Waals surface area contributed by atoms with Gasteiger partial charge in [-0.2, -0.15) is 0 Å². The van der Waals surface area contributed by atoms with Crippen molar-refractivity contribution in [3.05, 3.63) is 65.2 Å². The maximum absolute atomic E-state index is 13.4. The van der Waals surface area contributed by atoms with Crippen LogP contribution in [0.3, 0.4) is 0 Å². The van der Waals surface area contributed by atoms with E-state index in [0.717, 1.165) is 28.9 Å². The van der Waals surface area contributed by atoms with Crippen LogP contribution in [0.15, 0.2) is 62.8 Å². The third-order valence-electron chi connectivity index (χ3n) is 5.21. The van der Waals surface area contributed by atoms with Gasteiger partial charge in [0.2, 0.25) is 24.0 Å². The van der Waals surface area contributed by atoms with Crippen molar-refractivity contribution in [3.63, 3.8) is 0 Å². The topological polar surface area (TPSA) is 84.4 Å².